The lowest BCUT2D eigenvalue weighted by Gasteiger charge is -2.12. The topological polar surface area (TPSA) is 108 Å². The predicted octanol–water partition coefficient (Wildman–Crippen LogP) is 1.09. The number of imide groups is 1. The van der Waals surface area contributed by atoms with Crippen LogP contribution in [0.1, 0.15) is 10.5 Å². The number of carbonyl (C=O) groups is 3. The van der Waals surface area contributed by atoms with Gasteiger partial charge < -0.3 is 9.73 Å². The summed E-state index contributed by atoms with van der Waals surface area (Å²) in [7, 11) is 0. The van der Waals surface area contributed by atoms with E-state index < -0.39 is 0 Å². The SMILES string of the molecule is O=C(NCCN1C(=O)CSC1=O)c1cc(-c2ccco2)[nH]n1. The molecule has 0 radical (unpaired) electrons. The molecular formula is C13H12N4O4S. The summed E-state index contributed by atoms with van der Waals surface area (Å²) in [5.74, 6) is 0.125. The van der Waals surface area contributed by atoms with Gasteiger partial charge in [-0.05, 0) is 12.1 Å². The molecule has 3 rings (SSSR count). The van der Waals surface area contributed by atoms with Gasteiger partial charge in [0.25, 0.3) is 11.1 Å². The molecule has 2 aromatic rings. The van der Waals surface area contributed by atoms with E-state index in [1.165, 1.54) is 6.26 Å². The highest BCUT2D eigenvalue weighted by molar-refractivity contribution is 8.14. The zero-order valence-corrected chi connectivity index (χ0v) is 12.2. The molecule has 1 aliphatic rings. The molecule has 0 aromatic carbocycles. The smallest absolute Gasteiger partial charge is 0.288 e. The van der Waals surface area contributed by atoms with Gasteiger partial charge in [-0.3, -0.25) is 24.4 Å². The molecule has 22 heavy (non-hydrogen) atoms. The Morgan fingerprint density at radius 3 is 3.05 bits per heavy atom. The Morgan fingerprint density at radius 2 is 2.36 bits per heavy atom. The normalized spacial score (nSPS) is 14.6. The van der Waals surface area contributed by atoms with Crippen molar-refractivity contribution in [2.75, 3.05) is 18.8 Å². The maximum absolute atomic E-state index is 11.9. The largest absolute Gasteiger partial charge is 0.463 e. The van der Waals surface area contributed by atoms with Crippen LogP contribution in [0.4, 0.5) is 4.79 Å². The van der Waals surface area contributed by atoms with Crippen LogP contribution >= 0.6 is 11.8 Å². The quantitative estimate of drug-likeness (QED) is 0.854. The van der Waals surface area contributed by atoms with E-state index in [1.807, 2.05) is 0 Å². The number of hydrogen-bond acceptors (Lipinski definition) is 6. The highest BCUT2D eigenvalue weighted by atomic mass is 32.2. The molecule has 0 atom stereocenters. The average molecular weight is 320 g/mol. The Bertz CT molecular complexity index is 693. The van der Waals surface area contributed by atoms with E-state index in [-0.39, 0.29) is 41.6 Å². The molecular weight excluding hydrogens is 308 g/mol. The summed E-state index contributed by atoms with van der Waals surface area (Å²) in [6.07, 6.45) is 1.53. The fourth-order valence-electron chi connectivity index (χ4n) is 1.96. The van der Waals surface area contributed by atoms with Crippen LogP contribution in [0.3, 0.4) is 0 Å². The van der Waals surface area contributed by atoms with Gasteiger partial charge in [-0.15, -0.1) is 0 Å². The van der Waals surface area contributed by atoms with E-state index in [1.54, 1.807) is 18.2 Å². The molecule has 1 saturated heterocycles. The first-order chi connectivity index (χ1) is 10.6. The first kappa shape index (κ1) is 14.4. The molecule has 8 nitrogen and oxygen atoms in total. The third kappa shape index (κ3) is 2.89. The van der Waals surface area contributed by atoms with Crippen molar-refractivity contribution in [3.63, 3.8) is 0 Å². The first-order valence-electron chi connectivity index (χ1n) is 6.50. The lowest BCUT2D eigenvalue weighted by molar-refractivity contribution is -0.124. The van der Waals surface area contributed by atoms with Gasteiger partial charge in [0.1, 0.15) is 5.69 Å². The lowest BCUT2D eigenvalue weighted by atomic mass is 10.3. The number of nitrogens with one attached hydrogen (secondary N) is 2. The molecule has 1 fully saturated rings. The minimum atomic E-state index is -0.388. The number of carbonyl (C=O) groups excluding carboxylic acids is 3. The molecule has 0 aliphatic carbocycles. The average Bonchev–Trinajstić information content (AvgIpc) is 3.22. The van der Waals surface area contributed by atoms with E-state index in [2.05, 4.69) is 15.5 Å². The molecule has 0 spiro atoms. The molecule has 0 saturated carbocycles. The van der Waals surface area contributed by atoms with Crippen LogP contribution < -0.4 is 5.32 Å². The Hall–Kier alpha value is -2.55. The number of aromatic nitrogens is 2. The Labute approximate surface area is 129 Å². The van der Waals surface area contributed by atoms with Gasteiger partial charge in [0, 0.05) is 19.2 Å². The summed E-state index contributed by atoms with van der Waals surface area (Å²) in [5.41, 5.74) is 0.802. The van der Waals surface area contributed by atoms with Crippen molar-refractivity contribution in [1.82, 2.24) is 20.4 Å². The third-order valence-electron chi connectivity index (χ3n) is 3.06. The summed E-state index contributed by atoms with van der Waals surface area (Å²) in [4.78, 5) is 35.9. The highest BCUT2D eigenvalue weighted by Gasteiger charge is 2.29. The number of amides is 3. The van der Waals surface area contributed by atoms with Gasteiger partial charge in [-0.25, -0.2) is 0 Å². The van der Waals surface area contributed by atoms with Crippen molar-refractivity contribution in [3.05, 3.63) is 30.2 Å². The van der Waals surface area contributed by atoms with Gasteiger partial charge in [0.2, 0.25) is 5.91 Å². The summed E-state index contributed by atoms with van der Waals surface area (Å²) < 4.78 is 5.20. The number of aromatic amines is 1. The molecule has 9 heteroatoms. The number of rotatable bonds is 5. The molecule has 2 N–H and O–H groups in total. The predicted molar refractivity (Wildman–Crippen MR) is 78.2 cm³/mol. The number of thioether (sulfide) groups is 1. The molecule has 2 aromatic heterocycles. The molecule has 3 heterocycles. The van der Waals surface area contributed by atoms with Gasteiger partial charge in [-0.1, -0.05) is 11.8 Å². The number of H-pyrrole nitrogens is 1. The van der Waals surface area contributed by atoms with Gasteiger partial charge in [-0.2, -0.15) is 5.10 Å². The minimum absolute atomic E-state index is 0.159. The fourth-order valence-corrected chi connectivity index (χ4v) is 2.72. The Kier molecular flexibility index (Phi) is 3.96. The zero-order chi connectivity index (χ0) is 15.5. The monoisotopic (exact) mass is 320 g/mol. The third-order valence-corrected chi connectivity index (χ3v) is 3.92. The zero-order valence-electron chi connectivity index (χ0n) is 11.4. The van der Waals surface area contributed by atoms with E-state index in [9.17, 15) is 14.4 Å². The van der Waals surface area contributed by atoms with Crippen molar-refractivity contribution in [2.45, 2.75) is 0 Å². The second-order valence-corrected chi connectivity index (χ2v) is 5.43. The maximum atomic E-state index is 11.9. The van der Waals surface area contributed by atoms with Crippen LogP contribution in [0.25, 0.3) is 11.5 Å². The molecule has 0 bridgehead atoms. The highest BCUT2D eigenvalue weighted by Crippen LogP contribution is 2.18. The van der Waals surface area contributed by atoms with Gasteiger partial charge >= 0.3 is 0 Å². The molecule has 3 amide bonds. The van der Waals surface area contributed by atoms with Crippen LogP contribution in [0.2, 0.25) is 0 Å². The van der Waals surface area contributed by atoms with Crippen molar-refractivity contribution in [3.8, 4) is 11.5 Å². The second kappa shape index (κ2) is 6.06. The van der Waals surface area contributed by atoms with E-state index in [0.717, 1.165) is 16.7 Å². The van der Waals surface area contributed by atoms with Crippen molar-refractivity contribution in [2.24, 2.45) is 0 Å². The minimum Gasteiger partial charge on any atom is -0.463 e. The number of hydrogen-bond donors (Lipinski definition) is 2. The molecule has 114 valence electrons. The Balaban J connectivity index is 1.54. The van der Waals surface area contributed by atoms with Gasteiger partial charge in [0.05, 0.1) is 12.0 Å². The fraction of sp³-hybridized carbons (Fsp3) is 0.231. The van der Waals surface area contributed by atoms with E-state index >= 15 is 0 Å². The van der Waals surface area contributed by atoms with Gasteiger partial charge in [0.15, 0.2) is 11.5 Å². The standard InChI is InChI=1S/C13H12N4O4S/c18-11-7-22-13(20)17(11)4-3-14-12(19)9-6-8(15-16-9)10-2-1-5-21-10/h1-2,5-6H,3-4,7H2,(H,14,19)(H,15,16). The van der Waals surface area contributed by atoms with Crippen molar-refractivity contribution >= 4 is 28.8 Å². The van der Waals surface area contributed by atoms with Crippen LogP contribution in [-0.2, 0) is 4.79 Å². The summed E-state index contributed by atoms with van der Waals surface area (Å²) in [6, 6.07) is 5.05. The van der Waals surface area contributed by atoms with Crippen LogP contribution in [0, 0.1) is 0 Å². The van der Waals surface area contributed by atoms with Crippen molar-refractivity contribution < 1.29 is 18.8 Å². The number of furan rings is 1. The van der Waals surface area contributed by atoms with Crippen LogP contribution in [0.5, 0.6) is 0 Å². The van der Waals surface area contributed by atoms with Crippen LogP contribution in [-0.4, -0.2) is 51.0 Å². The number of nitrogens with zero attached hydrogens (tertiary/aromatic N) is 2. The second-order valence-electron chi connectivity index (χ2n) is 4.50. The van der Waals surface area contributed by atoms with Crippen molar-refractivity contribution in [1.29, 1.82) is 0 Å². The molecule has 0 unspecified atom stereocenters. The first-order valence-corrected chi connectivity index (χ1v) is 7.48. The molecule has 1 aliphatic heterocycles. The lowest BCUT2D eigenvalue weighted by Crippen LogP contribution is -2.37. The van der Waals surface area contributed by atoms with E-state index in [4.69, 9.17) is 4.42 Å². The Morgan fingerprint density at radius 1 is 1.50 bits per heavy atom. The van der Waals surface area contributed by atoms with Crippen LogP contribution in [0.15, 0.2) is 28.9 Å². The summed E-state index contributed by atoms with van der Waals surface area (Å²) >= 11 is 0.967. The van der Waals surface area contributed by atoms with E-state index in [0.29, 0.717) is 11.5 Å². The summed E-state index contributed by atoms with van der Waals surface area (Å²) in [5, 5.41) is 8.95. The maximum Gasteiger partial charge on any atom is 0.288 e. The summed E-state index contributed by atoms with van der Waals surface area (Å²) in [6.45, 7) is 0.339.